The summed E-state index contributed by atoms with van der Waals surface area (Å²) in [6.07, 6.45) is 6.68. The minimum Gasteiger partial charge on any atom is -0.459 e. The molecule has 0 radical (unpaired) electrons. The lowest BCUT2D eigenvalue weighted by molar-refractivity contribution is -0.148. The van der Waals surface area contributed by atoms with Crippen LogP contribution in [0.5, 0.6) is 0 Å². The molecule has 0 amide bonds. The molecule has 1 aliphatic heterocycles. The lowest BCUT2D eigenvalue weighted by Crippen LogP contribution is -2.44. The summed E-state index contributed by atoms with van der Waals surface area (Å²) in [6, 6.07) is -0.267. The lowest BCUT2D eigenvalue weighted by atomic mass is 9.83. The first kappa shape index (κ1) is 13.8. The maximum Gasteiger partial charge on any atom is 0.309 e. The first-order chi connectivity index (χ1) is 8.58. The van der Waals surface area contributed by atoms with Gasteiger partial charge in [0.15, 0.2) is 0 Å². The molecule has 18 heavy (non-hydrogen) atoms. The molecule has 0 spiro atoms. The Morgan fingerprint density at radius 1 is 1.39 bits per heavy atom. The van der Waals surface area contributed by atoms with Crippen molar-refractivity contribution in [2.24, 2.45) is 17.6 Å². The second-order valence-electron chi connectivity index (χ2n) is 6.01. The van der Waals surface area contributed by atoms with Gasteiger partial charge in [0.05, 0.1) is 5.92 Å². The fraction of sp³-hybridized carbons (Fsp3) is 0.929. The molecule has 2 aliphatic rings. The van der Waals surface area contributed by atoms with Crippen LogP contribution in [0, 0.1) is 11.8 Å². The lowest BCUT2D eigenvalue weighted by Gasteiger charge is -2.29. The molecule has 0 aromatic rings. The highest BCUT2D eigenvalue weighted by Gasteiger charge is 2.38. The molecule has 1 heterocycles. The number of rotatable bonds is 4. The van der Waals surface area contributed by atoms with Gasteiger partial charge < -0.3 is 15.6 Å². The fourth-order valence-electron chi connectivity index (χ4n) is 3.19. The summed E-state index contributed by atoms with van der Waals surface area (Å²) >= 11 is 0. The van der Waals surface area contributed by atoms with Crippen LogP contribution in [0.3, 0.4) is 0 Å². The molecular formula is C14H25NO3. The molecule has 0 aromatic heterocycles. The van der Waals surface area contributed by atoms with Crippen LogP contribution in [-0.4, -0.2) is 29.3 Å². The van der Waals surface area contributed by atoms with Crippen molar-refractivity contribution in [3.8, 4) is 0 Å². The highest BCUT2D eigenvalue weighted by atomic mass is 16.6. The van der Waals surface area contributed by atoms with Crippen molar-refractivity contribution < 1.29 is 14.6 Å². The number of carbonyl (C=O) groups excluding carboxylic acids is 1. The zero-order chi connectivity index (χ0) is 13.1. The molecule has 0 bridgehead atoms. The topological polar surface area (TPSA) is 72.6 Å². The second kappa shape index (κ2) is 6.02. The van der Waals surface area contributed by atoms with Gasteiger partial charge in [0.1, 0.15) is 12.2 Å². The van der Waals surface area contributed by atoms with E-state index in [1.807, 2.05) is 6.92 Å². The zero-order valence-corrected chi connectivity index (χ0v) is 11.2. The minimum absolute atomic E-state index is 0.105. The van der Waals surface area contributed by atoms with Gasteiger partial charge in [-0.25, -0.2) is 0 Å². The van der Waals surface area contributed by atoms with Crippen LogP contribution in [0.15, 0.2) is 0 Å². The summed E-state index contributed by atoms with van der Waals surface area (Å²) in [4.78, 5) is 11.3. The van der Waals surface area contributed by atoms with Crippen molar-refractivity contribution >= 4 is 5.97 Å². The van der Waals surface area contributed by atoms with Crippen LogP contribution in [-0.2, 0) is 9.53 Å². The van der Waals surface area contributed by atoms with E-state index in [-0.39, 0.29) is 17.9 Å². The van der Waals surface area contributed by atoms with Crippen molar-refractivity contribution in [3.63, 3.8) is 0 Å². The average Bonchev–Trinajstić information content (AvgIpc) is 2.70. The maximum absolute atomic E-state index is 11.3. The minimum atomic E-state index is -0.708. The Labute approximate surface area is 109 Å². The molecule has 2 fully saturated rings. The molecule has 0 aromatic carbocycles. The van der Waals surface area contributed by atoms with E-state index in [4.69, 9.17) is 10.5 Å². The van der Waals surface area contributed by atoms with E-state index in [2.05, 4.69) is 0 Å². The molecule has 1 saturated carbocycles. The van der Waals surface area contributed by atoms with Gasteiger partial charge in [-0.05, 0) is 18.8 Å². The Morgan fingerprint density at radius 2 is 2.06 bits per heavy atom. The van der Waals surface area contributed by atoms with E-state index in [9.17, 15) is 9.90 Å². The van der Waals surface area contributed by atoms with E-state index < -0.39 is 12.2 Å². The smallest absolute Gasteiger partial charge is 0.309 e. The molecule has 2 rings (SSSR count). The molecular weight excluding hydrogens is 230 g/mol. The number of carbonyl (C=O) groups is 1. The van der Waals surface area contributed by atoms with Crippen molar-refractivity contribution in [1.82, 2.24) is 0 Å². The van der Waals surface area contributed by atoms with Crippen molar-refractivity contribution in [3.05, 3.63) is 0 Å². The standard InChI is InChI=1S/C14H25NO3/c1-9-7-12(18-14(9)17)13(16)11(15)8-10-5-3-2-4-6-10/h9-13,16H,2-8,15H2,1H3/t9-,11?,12-,13?/m0/s1. The summed E-state index contributed by atoms with van der Waals surface area (Å²) in [6.45, 7) is 1.84. The Hall–Kier alpha value is -0.610. The number of aliphatic hydroxyl groups excluding tert-OH is 1. The number of hydrogen-bond acceptors (Lipinski definition) is 4. The average molecular weight is 255 g/mol. The van der Waals surface area contributed by atoms with Gasteiger partial charge in [-0.1, -0.05) is 39.0 Å². The zero-order valence-electron chi connectivity index (χ0n) is 11.2. The third-order valence-electron chi connectivity index (χ3n) is 4.41. The first-order valence-corrected chi connectivity index (χ1v) is 7.22. The van der Waals surface area contributed by atoms with Crippen LogP contribution in [0.4, 0.5) is 0 Å². The van der Waals surface area contributed by atoms with E-state index in [1.54, 1.807) is 0 Å². The second-order valence-corrected chi connectivity index (χ2v) is 6.01. The number of nitrogens with two attached hydrogens (primary N) is 1. The highest BCUT2D eigenvalue weighted by Crippen LogP contribution is 2.30. The van der Waals surface area contributed by atoms with Gasteiger partial charge >= 0.3 is 5.97 Å². The summed E-state index contributed by atoms with van der Waals surface area (Å²) in [5.41, 5.74) is 6.08. The molecule has 104 valence electrons. The molecule has 3 N–H and O–H groups in total. The highest BCUT2D eigenvalue weighted by molar-refractivity contribution is 5.74. The van der Waals surface area contributed by atoms with Crippen LogP contribution in [0.25, 0.3) is 0 Å². The molecule has 4 nitrogen and oxygen atoms in total. The number of ether oxygens (including phenoxy) is 1. The van der Waals surface area contributed by atoms with Gasteiger partial charge in [0, 0.05) is 6.04 Å². The number of esters is 1. The summed E-state index contributed by atoms with van der Waals surface area (Å²) in [7, 11) is 0. The molecule has 4 atom stereocenters. The summed E-state index contributed by atoms with van der Waals surface area (Å²) < 4.78 is 5.18. The SMILES string of the molecule is C[C@H]1C[C@@H](C(O)C(N)CC2CCCCC2)OC1=O. The van der Waals surface area contributed by atoms with Crippen LogP contribution >= 0.6 is 0 Å². The van der Waals surface area contributed by atoms with Crippen LogP contribution in [0.2, 0.25) is 0 Å². The monoisotopic (exact) mass is 255 g/mol. The van der Waals surface area contributed by atoms with E-state index in [0.29, 0.717) is 12.3 Å². The van der Waals surface area contributed by atoms with Gasteiger partial charge in [0.25, 0.3) is 0 Å². The number of hydrogen-bond donors (Lipinski definition) is 2. The largest absolute Gasteiger partial charge is 0.459 e. The Morgan fingerprint density at radius 3 is 2.61 bits per heavy atom. The van der Waals surface area contributed by atoms with Crippen LogP contribution in [0.1, 0.15) is 51.9 Å². The summed E-state index contributed by atoms with van der Waals surface area (Å²) in [5, 5.41) is 10.2. The normalized spacial score (nSPS) is 33.2. The van der Waals surface area contributed by atoms with Crippen molar-refractivity contribution in [2.75, 3.05) is 0 Å². The quantitative estimate of drug-likeness (QED) is 0.748. The third kappa shape index (κ3) is 3.23. The summed E-state index contributed by atoms with van der Waals surface area (Å²) in [5.74, 6) is 0.327. The van der Waals surface area contributed by atoms with Gasteiger partial charge in [-0.2, -0.15) is 0 Å². The van der Waals surface area contributed by atoms with Gasteiger partial charge in [0.2, 0.25) is 0 Å². The fourth-order valence-corrected chi connectivity index (χ4v) is 3.19. The van der Waals surface area contributed by atoms with Gasteiger partial charge in [-0.3, -0.25) is 4.79 Å². The van der Waals surface area contributed by atoms with E-state index in [1.165, 1.54) is 32.1 Å². The maximum atomic E-state index is 11.3. The Bertz CT molecular complexity index is 289. The Kier molecular flexibility index (Phi) is 4.62. The third-order valence-corrected chi connectivity index (χ3v) is 4.41. The molecule has 4 heteroatoms. The van der Waals surface area contributed by atoms with E-state index in [0.717, 1.165) is 6.42 Å². The van der Waals surface area contributed by atoms with Crippen LogP contribution < -0.4 is 5.73 Å². The Balaban J connectivity index is 1.80. The first-order valence-electron chi connectivity index (χ1n) is 7.22. The molecule has 2 unspecified atom stereocenters. The number of cyclic esters (lactones) is 1. The predicted molar refractivity (Wildman–Crippen MR) is 68.8 cm³/mol. The van der Waals surface area contributed by atoms with Crippen molar-refractivity contribution in [2.45, 2.75) is 70.1 Å². The number of aliphatic hydroxyl groups is 1. The molecule has 1 saturated heterocycles. The predicted octanol–water partition coefficient (Wildman–Crippen LogP) is 1.60. The van der Waals surface area contributed by atoms with E-state index >= 15 is 0 Å². The van der Waals surface area contributed by atoms with Gasteiger partial charge in [-0.15, -0.1) is 0 Å². The molecule has 1 aliphatic carbocycles. The van der Waals surface area contributed by atoms with Crippen molar-refractivity contribution in [1.29, 1.82) is 0 Å².